The minimum absolute atomic E-state index is 0.194. The van der Waals surface area contributed by atoms with Crippen molar-refractivity contribution in [3.05, 3.63) is 53.2 Å². The van der Waals surface area contributed by atoms with E-state index in [-0.39, 0.29) is 5.75 Å². The van der Waals surface area contributed by atoms with Crippen LogP contribution in [0, 0.1) is 0 Å². The molecule has 1 aromatic carbocycles. The van der Waals surface area contributed by atoms with Crippen molar-refractivity contribution in [2.45, 2.75) is 6.42 Å². The Balaban J connectivity index is 1.52. The molecule has 1 aliphatic rings. The summed E-state index contributed by atoms with van der Waals surface area (Å²) in [6, 6.07) is 11.2. The number of oxime groups is 1. The number of aromatic hydroxyl groups is 1. The lowest BCUT2D eigenvalue weighted by Gasteiger charge is -2.35. The number of hydrogen-bond donors (Lipinski definition) is 1. The maximum atomic E-state index is 9.35. The molecule has 0 unspecified atom stereocenters. The molecule has 0 radical (unpaired) electrons. The SMILES string of the molecule is CO/N=C(/CCN1CCN(c2ccc(O)cn2)CC1)c1ccc(Cl)cc1. The minimum atomic E-state index is 0.194. The van der Waals surface area contributed by atoms with Gasteiger partial charge < -0.3 is 14.8 Å². The van der Waals surface area contributed by atoms with Crippen LogP contribution in [0.5, 0.6) is 5.75 Å². The maximum Gasteiger partial charge on any atom is 0.134 e. The number of anilines is 1. The molecule has 0 bridgehead atoms. The molecule has 0 atom stereocenters. The van der Waals surface area contributed by atoms with Gasteiger partial charge in [-0.3, -0.25) is 4.90 Å². The first kappa shape index (κ1) is 18.5. The minimum Gasteiger partial charge on any atom is -0.506 e. The average molecular weight is 375 g/mol. The van der Waals surface area contributed by atoms with Crippen LogP contribution < -0.4 is 4.90 Å². The van der Waals surface area contributed by atoms with E-state index in [1.165, 1.54) is 6.20 Å². The van der Waals surface area contributed by atoms with E-state index >= 15 is 0 Å². The number of rotatable bonds is 6. The fourth-order valence-electron chi connectivity index (χ4n) is 3.03. The van der Waals surface area contributed by atoms with Crippen LogP contribution in [-0.4, -0.2) is 60.5 Å². The monoisotopic (exact) mass is 374 g/mol. The molecule has 1 saturated heterocycles. The first-order chi connectivity index (χ1) is 12.7. The van der Waals surface area contributed by atoms with E-state index in [9.17, 15) is 5.11 Å². The van der Waals surface area contributed by atoms with Gasteiger partial charge in [-0.25, -0.2) is 4.98 Å². The number of halogens is 1. The molecule has 1 aliphatic heterocycles. The van der Waals surface area contributed by atoms with Gasteiger partial charge in [0.2, 0.25) is 0 Å². The largest absolute Gasteiger partial charge is 0.506 e. The molecule has 2 aromatic rings. The van der Waals surface area contributed by atoms with E-state index in [0.717, 1.165) is 56.2 Å². The topological polar surface area (TPSA) is 61.2 Å². The Labute approximate surface area is 158 Å². The summed E-state index contributed by atoms with van der Waals surface area (Å²) in [6.07, 6.45) is 2.30. The van der Waals surface area contributed by atoms with Crippen molar-refractivity contribution in [3.8, 4) is 5.75 Å². The summed E-state index contributed by atoms with van der Waals surface area (Å²) in [7, 11) is 1.57. The van der Waals surface area contributed by atoms with Crippen molar-refractivity contribution in [2.24, 2.45) is 5.16 Å². The van der Waals surface area contributed by atoms with E-state index in [1.54, 1.807) is 13.2 Å². The molecular weight excluding hydrogens is 352 g/mol. The molecule has 3 rings (SSSR count). The average Bonchev–Trinajstić information content (AvgIpc) is 2.67. The van der Waals surface area contributed by atoms with Crippen molar-refractivity contribution < 1.29 is 9.94 Å². The van der Waals surface area contributed by atoms with Gasteiger partial charge in [0.1, 0.15) is 18.7 Å². The Morgan fingerprint density at radius 1 is 1.15 bits per heavy atom. The van der Waals surface area contributed by atoms with Crippen LogP contribution in [0.3, 0.4) is 0 Å². The zero-order valence-corrected chi connectivity index (χ0v) is 15.6. The first-order valence-corrected chi connectivity index (χ1v) is 9.02. The number of pyridine rings is 1. The highest BCUT2D eigenvalue weighted by Gasteiger charge is 2.18. The third-order valence-electron chi connectivity index (χ3n) is 4.47. The Morgan fingerprint density at radius 3 is 2.50 bits per heavy atom. The van der Waals surface area contributed by atoms with Crippen LogP contribution in [0.4, 0.5) is 5.82 Å². The second-order valence-corrected chi connectivity index (χ2v) is 6.62. The van der Waals surface area contributed by atoms with E-state index in [1.807, 2.05) is 30.3 Å². The lowest BCUT2D eigenvalue weighted by atomic mass is 10.1. The predicted molar refractivity (Wildman–Crippen MR) is 104 cm³/mol. The Kier molecular flexibility index (Phi) is 6.30. The van der Waals surface area contributed by atoms with E-state index in [2.05, 4.69) is 19.9 Å². The molecule has 138 valence electrons. The van der Waals surface area contributed by atoms with Crippen molar-refractivity contribution in [1.29, 1.82) is 0 Å². The van der Waals surface area contributed by atoms with E-state index in [4.69, 9.17) is 16.4 Å². The number of piperazine rings is 1. The number of hydrogen-bond acceptors (Lipinski definition) is 6. The molecule has 7 heteroatoms. The first-order valence-electron chi connectivity index (χ1n) is 8.64. The Morgan fingerprint density at radius 2 is 1.88 bits per heavy atom. The Hall–Kier alpha value is -2.31. The van der Waals surface area contributed by atoms with Crippen molar-refractivity contribution in [1.82, 2.24) is 9.88 Å². The molecule has 0 saturated carbocycles. The van der Waals surface area contributed by atoms with Crippen LogP contribution in [-0.2, 0) is 4.84 Å². The molecule has 1 aromatic heterocycles. The summed E-state index contributed by atoms with van der Waals surface area (Å²) in [5, 5.41) is 14.2. The summed E-state index contributed by atoms with van der Waals surface area (Å²) in [5.74, 6) is 1.10. The summed E-state index contributed by atoms with van der Waals surface area (Å²) in [6.45, 7) is 4.67. The quantitative estimate of drug-likeness (QED) is 0.622. The van der Waals surface area contributed by atoms with Crippen molar-refractivity contribution >= 4 is 23.1 Å². The van der Waals surface area contributed by atoms with Gasteiger partial charge in [0.05, 0.1) is 11.9 Å². The molecule has 0 aliphatic carbocycles. The summed E-state index contributed by atoms with van der Waals surface area (Å²) < 4.78 is 0. The van der Waals surface area contributed by atoms with Gasteiger partial charge in [0.25, 0.3) is 0 Å². The molecule has 1 fully saturated rings. The van der Waals surface area contributed by atoms with Gasteiger partial charge in [-0.15, -0.1) is 0 Å². The van der Waals surface area contributed by atoms with Crippen LogP contribution in [0.15, 0.2) is 47.8 Å². The Bertz CT molecular complexity index is 726. The zero-order chi connectivity index (χ0) is 18.4. The second-order valence-electron chi connectivity index (χ2n) is 6.18. The van der Waals surface area contributed by atoms with Gasteiger partial charge in [0.15, 0.2) is 0 Å². The smallest absolute Gasteiger partial charge is 0.134 e. The highest BCUT2D eigenvalue weighted by atomic mass is 35.5. The van der Waals surface area contributed by atoms with E-state index in [0.29, 0.717) is 5.02 Å². The summed E-state index contributed by atoms with van der Waals surface area (Å²) in [5.41, 5.74) is 1.95. The normalized spacial score (nSPS) is 15.9. The number of aromatic nitrogens is 1. The van der Waals surface area contributed by atoms with Gasteiger partial charge >= 0.3 is 0 Å². The van der Waals surface area contributed by atoms with Crippen LogP contribution in [0.2, 0.25) is 5.02 Å². The van der Waals surface area contributed by atoms with Gasteiger partial charge in [-0.1, -0.05) is 28.9 Å². The molecule has 26 heavy (non-hydrogen) atoms. The van der Waals surface area contributed by atoms with Crippen LogP contribution in [0.25, 0.3) is 0 Å². The predicted octanol–water partition coefficient (Wildman–Crippen LogP) is 3.00. The highest BCUT2D eigenvalue weighted by molar-refractivity contribution is 6.30. The fraction of sp³-hybridized carbons (Fsp3) is 0.368. The maximum absolute atomic E-state index is 9.35. The van der Waals surface area contributed by atoms with Crippen molar-refractivity contribution in [3.63, 3.8) is 0 Å². The molecule has 2 heterocycles. The van der Waals surface area contributed by atoms with Crippen LogP contribution in [0.1, 0.15) is 12.0 Å². The lowest BCUT2D eigenvalue weighted by Crippen LogP contribution is -2.47. The zero-order valence-electron chi connectivity index (χ0n) is 14.8. The summed E-state index contributed by atoms with van der Waals surface area (Å²) in [4.78, 5) is 13.9. The third-order valence-corrected chi connectivity index (χ3v) is 4.72. The van der Waals surface area contributed by atoms with E-state index < -0.39 is 0 Å². The highest BCUT2D eigenvalue weighted by Crippen LogP contribution is 2.17. The molecular formula is C19H23ClN4O2. The molecule has 1 N–H and O–H groups in total. The third kappa shape index (κ3) is 4.86. The lowest BCUT2D eigenvalue weighted by molar-refractivity contribution is 0.211. The number of nitrogens with zero attached hydrogens (tertiary/aromatic N) is 4. The molecule has 0 amide bonds. The van der Waals surface area contributed by atoms with Gasteiger partial charge in [-0.2, -0.15) is 0 Å². The van der Waals surface area contributed by atoms with Gasteiger partial charge in [-0.05, 0) is 29.8 Å². The van der Waals surface area contributed by atoms with Gasteiger partial charge in [0, 0.05) is 44.2 Å². The second kappa shape index (κ2) is 8.87. The number of benzene rings is 1. The van der Waals surface area contributed by atoms with Crippen molar-refractivity contribution in [2.75, 3.05) is 44.7 Å². The standard InChI is InChI=1S/C19H23ClN4O2/c1-26-22-18(15-2-4-16(20)5-3-15)8-9-23-10-12-24(13-11-23)19-7-6-17(25)14-21-19/h2-7,14,25H,8-13H2,1H3/b22-18-. The van der Waals surface area contributed by atoms with Crippen LogP contribution >= 0.6 is 11.6 Å². The fourth-order valence-corrected chi connectivity index (χ4v) is 3.15. The molecule has 0 spiro atoms. The molecule has 6 nitrogen and oxygen atoms in total. The summed E-state index contributed by atoms with van der Waals surface area (Å²) >= 11 is 5.96.